The number of hydrogen-bond donors (Lipinski definition) is 0. The Hall–Kier alpha value is -2.62. The molecule has 3 rings (SSSR count). The van der Waals surface area contributed by atoms with Crippen molar-refractivity contribution in [3.8, 4) is 11.5 Å². The number of hydrogen-bond acceptors (Lipinski definition) is 6. The third kappa shape index (κ3) is 5.36. The van der Waals surface area contributed by atoms with Gasteiger partial charge in [-0.05, 0) is 42.8 Å². The summed E-state index contributed by atoms with van der Waals surface area (Å²) in [6.45, 7) is 4.41. The quantitative estimate of drug-likeness (QED) is 0.617. The van der Waals surface area contributed by atoms with Gasteiger partial charge in [0.2, 0.25) is 10.0 Å². The van der Waals surface area contributed by atoms with Gasteiger partial charge in [0.1, 0.15) is 11.5 Å². The van der Waals surface area contributed by atoms with Crippen LogP contribution in [0.2, 0.25) is 0 Å². The molecule has 0 bridgehead atoms. The van der Waals surface area contributed by atoms with Gasteiger partial charge in [-0.2, -0.15) is 4.31 Å². The Balaban J connectivity index is 1.86. The lowest BCUT2D eigenvalue weighted by Crippen LogP contribution is -2.40. The number of methoxy groups -OCH3 is 1. The highest BCUT2D eigenvalue weighted by Crippen LogP contribution is 2.27. The molecule has 0 atom stereocenters. The van der Waals surface area contributed by atoms with Crippen LogP contribution in [0.3, 0.4) is 0 Å². The molecule has 0 radical (unpaired) electrons. The van der Waals surface area contributed by atoms with Gasteiger partial charge >= 0.3 is 0 Å². The largest absolute Gasteiger partial charge is 0.496 e. The fourth-order valence-corrected chi connectivity index (χ4v) is 4.56. The highest BCUT2D eigenvalue weighted by Gasteiger charge is 2.27. The summed E-state index contributed by atoms with van der Waals surface area (Å²) in [6, 6.07) is 11.7. The number of amides is 1. The number of carbonyl (C=O) groups excluding carboxylic acids is 1. The molecule has 1 heterocycles. The Morgan fingerprint density at radius 3 is 2.58 bits per heavy atom. The van der Waals surface area contributed by atoms with Crippen LogP contribution in [0.1, 0.15) is 22.8 Å². The predicted molar refractivity (Wildman–Crippen MR) is 116 cm³/mol. The molecule has 9 heteroatoms. The topological polar surface area (TPSA) is 85.4 Å². The van der Waals surface area contributed by atoms with E-state index in [1.807, 2.05) is 31.2 Å². The van der Waals surface area contributed by atoms with Crippen LogP contribution in [-0.2, 0) is 21.3 Å². The number of sulfonamides is 1. The fraction of sp³-hybridized carbons (Fsp3) is 0.409. The number of rotatable bonds is 8. The van der Waals surface area contributed by atoms with Gasteiger partial charge in [0.25, 0.3) is 5.91 Å². The number of ether oxygens (including phenoxy) is 3. The Bertz CT molecular complexity index is 1020. The highest BCUT2D eigenvalue weighted by atomic mass is 32.2. The van der Waals surface area contributed by atoms with Gasteiger partial charge in [0.15, 0.2) is 0 Å². The average molecular weight is 449 g/mol. The molecule has 1 aliphatic rings. The molecule has 2 aromatic rings. The Morgan fingerprint density at radius 2 is 1.90 bits per heavy atom. The average Bonchev–Trinajstić information content (AvgIpc) is 2.79. The lowest BCUT2D eigenvalue weighted by molar-refractivity contribution is 0.0300. The van der Waals surface area contributed by atoms with Crippen LogP contribution in [0.4, 0.5) is 0 Å². The summed E-state index contributed by atoms with van der Waals surface area (Å²) in [4.78, 5) is 14.7. The van der Waals surface area contributed by atoms with E-state index < -0.39 is 10.0 Å². The minimum absolute atomic E-state index is 0.0355. The maximum atomic E-state index is 13.2. The molecular weight excluding hydrogens is 420 g/mol. The Morgan fingerprint density at radius 1 is 1.16 bits per heavy atom. The normalized spacial score (nSPS) is 14.5. The van der Waals surface area contributed by atoms with E-state index in [1.165, 1.54) is 36.7 Å². The molecule has 0 aromatic heterocycles. The van der Waals surface area contributed by atoms with Crippen LogP contribution in [-0.4, -0.2) is 70.6 Å². The van der Waals surface area contributed by atoms with Crippen LogP contribution in [0, 0.1) is 0 Å². The van der Waals surface area contributed by atoms with E-state index in [2.05, 4.69) is 0 Å². The lowest BCUT2D eigenvalue weighted by atomic mass is 10.1. The first-order chi connectivity index (χ1) is 14.9. The third-order valence-corrected chi connectivity index (χ3v) is 6.82. The summed E-state index contributed by atoms with van der Waals surface area (Å²) in [6.07, 6.45) is 0. The number of benzene rings is 2. The molecule has 1 saturated heterocycles. The van der Waals surface area contributed by atoms with Crippen LogP contribution in [0.5, 0.6) is 11.5 Å². The Kier molecular flexibility index (Phi) is 7.53. The van der Waals surface area contributed by atoms with E-state index in [9.17, 15) is 13.2 Å². The molecule has 0 aliphatic carbocycles. The van der Waals surface area contributed by atoms with E-state index in [4.69, 9.17) is 14.2 Å². The third-order valence-electron chi connectivity index (χ3n) is 5.02. The zero-order valence-electron chi connectivity index (χ0n) is 18.0. The van der Waals surface area contributed by atoms with E-state index in [0.717, 1.165) is 5.56 Å². The molecule has 8 nitrogen and oxygen atoms in total. The summed E-state index contributed by atoms with van der Waals surface area (Å²) in [5, 5.41) is 0. The first kappa shape index (κ1) is 23.1. The van der Waals surface area contributed by atoms with E-state index in [0.29, 0.717) is 44.4 Å². The second kappa shape index (κ2) is 10.1. The summed E-state index contributed by atoms with van der Waals surface area (Å²) in [5.74, 6) is 0.750. The molecule has 1 amide bonds. The number of carbonyl (C=O) groups is 1. The summed E-state index contributed by atoms with van der Waals surface area (Å²) >= 11 is 0. The first-order valence-corrected chi connectivity index (χ1v) is 11.5. The first-order valence-electron chi connectivity index (χ1n) is 10.1. The van der Waals surface area contributed by atoms with Gasteiger partial charge < -0.3 is 19.1 Å². The van der Waals surface area contributed by atoms with Crippen molar-refractivity contribution in [2.24, 2.45) is 0 Å². The molecule has 2 aromatic carbocycles. The molecule has 1 aliphatic heterocycles. The van der Waals surface area contributed by atoms with Gasteiger partial charge in [-0.25, -0.2) is 8.42 Å². The van der Waals surface area contributed by atoms with Crippen molar-refractivity contribution in [1.82, 2.24) is 9.21 Å². The number of morpholine rings is 1. The van der Waals surface area contributed by atoms with E-state index in [1.54, 1.807) is 4.90 Å². The van der Waals surface area contributed by atoms with Crippen LogP contribution < -0.4 is 9.47 Å². The van der Waals surface area contributed by atoms with Crippen molar-refractivity contribution in [2.75, 3.05) is 47.1 Å². The maximum absolute atomic E-state index is 13.2. The molecule has 0 N–H and O–H groups in total. The zero-order valence-corrected chi connectivity index (χ0v) is 18.9. The van der Waals surface area contributed by atoms with E-state index >= 15 is 0 Å². The molecular formula is C22H28N2O6S. The summed E-state index contributed by atoms with van der Waals surface area (Å²) in [5.41, 5.74) is 1.02. The molecule has 0 saturated carbocycles. The maximum Gasteiger partial charge on any atom is 0.257 e. The SMILES string of the molecule is CCOc1cccc(CN(C)S(=O)(=O)c2ccc(OC)c(C(=O)N3CCOCC3)c2)c1. The number of nitrogens with zero attached hydrogens (tertiary/aromatic N) is 2. The minimum atomic E-state index is -3.83. The second-order valence-electron chi connectivity index (χ2n) is 7.11. The van der Waals surface area contributed by atoms with Crippen molar-refractivity contribution in [3.05, 3.63) is 53.6 Å². The zero-order chi connectivity index (χ0) is 22.4. The van der Waals surface area contributed by atoms with Crippen LogP contribution in [0.25, 0.3) is 0 Å². The Labute approximate surface area is 183 Å². The lowest BCUT2D eigenvalue weighted by Gasteiger charge is -2.27. The highest BCUT2D eigenvalue weighted by molar-refractivity contribution is 7.89. The summed E-state index contributed by atoms with van der Waals surface area (Å²) < 4.78 is 43.8. The van der Waals surface area contributed by atoms with Crippen molar-refractivity contribution in [3.63, 3.8) is 0 Å². The minimum Gasteiger partial charge on any atom is -0.496 e. The van der Waals surface area contributed by atoms with Crippen LogP contribution >= 0.6 is 0 Å². The van der Waals surface area contributed by atoms with Crippen LogP contribution in [0.15, 0.2) is 47.4 Å². The standard InChI is InChI=1S/C22H28N2O6S/c1-4-30-18-7-5-6-17(14-18)16-23(2)31(26,27)19-8-9-21(28-3)20(15-19)22(25)24-10-12-29-13-11-24/h5-9,14-15H,4,10-13,16H2,1-3H3. The van der Waals surface area contributed by atoms with Gasteiger partial charge in [-0.1, -0.05) is 12.1 Å². The molecule has 0 spiro atoms. The van der Waals surface area contributed by atoms with Crippen molar-refractivity contribution >= 4 is 15.9 Å². The molecule has 168 valence electrons. The molecule has 31 heavy (non-hydrogen) atoms. The van der Waals surface area contributed by atoms with Crippen molar-refractivity contribution in [2.45, 2.75) is 18.4 Å². The molecule has 1 fully saturated rings. The summed E-state index contributed by atoms with van der Waals surface area (Å²) in [7, 11) is -0.867. The van der Waals surface area contributed by atoms with Gasteiger partial charge in [-0.15, -0.1) is 0 Å². The van der Waals surface area contributed by atoms with Crippen molar-refractivity contribution < 1.29 is 27.4 Å². The second-order valence-corrected chi connectivity index (χ2v) is 9.15. The van der Waals surface area contributed by atoms with Gasteiger partial charge in [0.05, 0.1) is 37.4 Å². The predicted octanol–water partition coefficient (Wildman–Crippen LogP) is 2.39. The fourth-order valence-electron chi connectivity index (χ4n) is 3.37. The molecule has 0 unspecified atom stereocenters. The van der Waals surface area contributed by atoms with Crippen molar-refractivity contribution in [1.29, 1.82) is 0 Å². The van der Waals surface area contributed by atoms with Gasteiger partial charge in [-0.3, -0.25) is 4.79 Å². The smallest absolute Gasteiger partial charge is 0.257 e. The monoisotopic (exact) mass is 448 g/mol. The van der Waals surface area contributed by atoms with Gasteiger partial charge in [0, 0.05) is 26.7 Å². The van der Waals surface area contributed by atoms with E-state index in [-0.39, 0.29) is 22.9 Å².